The molecule has 0 atom stereocenters. The number of rotatable bonds is 4. The van der Waals surface area contributed by atoms with E-state index < -0.39 is 0 Å². The van der Waals surface area contributed by atoms with Crippen molar-refractivity contribution in [3.63, 3.8) is 0 Å². The molecular formula is C10H15NO2S. The maximum Gasteiger partial charge on any atom is 0.143 e. The highest BCUT2D eigenvalue weighted by Crippen LogP contribution is 2.35. The molecule has 0 unspecified atom stereocenters. The lowest BCUT2D eigenvalue weighted by molar-refractivity contribution is 0.325. The minimum Gasteiger partial charge on any atom is -0.493 e. The van der Waals surface area contributed by atoms with Crippen LogP contribution in [-0.2, 0) is 0 Å². The first-order chi connectivity index (χ1) is 6.70. The third kappa shape index (κ3) is 2.26. The summed E-state index contributed by atoms with van der Waals surface area (Å²) in [5.41, 5.74) is 6.35. The summed E-state index contributed by atoms with van der Waals surface area (Å²) in [7, 11) is 0. The summed E-state index contributed by atoms with van der Waals surface area (Å²) in [5, 5.41) is 0. The third-order valence-corrected chi connectivity index (χ3v) is 2.20. The molecule has 1 rings (SSSR count). The SMILES string of the molecule is CCOc1ccc(OCC)c(S)c1N. The van der Waals surface area contributed by atoms with Gasteiger partial charge < -0.3 is 15.2 Å². The first kappa shape index (κ1) is 11.0. The maximum absolute atomic E-state index is 5.82. The predicted molar refractivity (Wildman–Crippen MR) is 60.4 cm³/mol. The van der Waals surface area contributed by atoms with Crippen LogP contribution in [0.4, 0.5) is 5.69 Å². The molecule has 78 valence electrons. The molecule has 0 saturated heterocycles. The quantitative estimate of drug-likeness (QED) is 0.596. The monoisotopic (exact) mass is 213 g/mol. The van der Waals surface area contributed by atoms with E-state index >= 15 is 0 Å². The van der Waals surface area contributed by atoms with Gasteiger partial charge in [-0.1, -0.05) is 0 Å². The van der Waals surface area contributed by atoms with E-state index in [0.717, 1.165) is 0 Å². The zero-order chi connectivity index (χ0) is 10.6. The average Bonchev–Trinajstić information content (AvgIpc) is 2.18. The molecule has 0 heterocycles. The molecule has 0 aliphatic carbocycles. The molecule has 0 aromatic heterocycles. The highest BCUT2D eigenvalue weighted by molar-refractivity contribution is 7.80. The van der Waals surface area contributed by atoms with Crippen molar-refractivity contribution in [1.29, 1.82) is 0 Å². The van der Waals surface area contributed by atoms with Crippen molar-refractivity contribution in [1.82, 2.24) is 0 Å². The Labute approximate surface area is 89.6 Å². The van der Waals surface area contributed by atoms with Gasteiger partial charge >= 0.3 is 0 Å². The molecule has 14 heavy (non-hydrogen) atoms. The van der Waals surface area contributed by atoms with Crippen LogP contribution in [0.2, 0.25) is 0 Å². The van der Waals surface area contributed by atoms with Crippen molar-refractivity contribution < 1.29 is 9.47 Å². The van der Waals surface area contributed by atoms with Crippen LogP contribution in [0.5, 0.6) is 11.5 Å². The third-order valence-electron chi connectivity index (χ3n) is 1.74. The average molecular weight is 213 g/mol. The molecule has 2 N–H and O–H groups in total. The van der Waals surface area contributed by atoms with Crippen LogP contribution in [-0.4, -0.2) is 13.2 Å². The largest absolute Gasteiger partial charge is 0.493 e. The molecule has 4 heteroatoms. The zero-order valence-electron chi connectivity index (χ0n) is 8.41. The van der Waals surface area contributed by atoms with Gasteiger partial charge in [0.2, 0.25) is 0 Å². The number of ether oxygens (including phenoxy) is 2. The molecule has 0 aliphatic heterocycles. The van der Waals surface area contributed by atoms with Crippen LogP contribution in [0, 0.1) is 0 Å². The van der Waals surface area contributed by atoms with Crippen LogP contribution in [0.3, 0.4) is 0 Å². The molecule has 0 amide bonds. The van der Waals surface area contributed by atoms with Gasteiger partial charge in [0.1, 0.15) is 11.5 Å². The van der Waals surface area contributed by atoms with Gasteiger partial charge in [-0.3, -0.25) is 0 Å². The lowest BCUT2D eigenvalue weighted by Gasteiger charge is -2.12. The maximum atomic E-state index is 5.82. The summed E-state index contributed by atoms with van der Waals surface area (Å²) in [4.78, 5) is 0.637. The fourth-order valence-corrected chi connectivity index (χ4v) is 1.37. The van der Waals surface area contributed by atoms with Gasteiger partial charge in [0.15, 0.2) is 0 Å². The predicted octanol–water partition coefficient (Wildman–Crippen LogP) is 2.35. The van der Waals surface area contributed by atoms with Crippen molar-refractivity contribution in [3.05, 3.63) is 12.1 Å². The van der Waals surface area contributed by atoms with E-state index in [0.29, 0.717) is 35.3 Å². The minimum absolute atomic E-state index is 0.529. The van der Waals surface area contributed by atoms with Crippen molar-refractivity contribution >= 4 is 18.3 Å². The van der Waals surface area contributed by atoms with Gasteiger partial charge in [-0.2, -0.15) is 0 Å². The second kappa shape index (κ2) is 5.00. The summed E-state index contributed by atoms with van der Waals surface area (Å²) in [6.07, 6.45) is 0. The fraction of sp³-hybridized carbons (Fsp3) is 0.400. The Morgan fingerprint density at radius 1 is 1.14 bits per heavy atom. The fourth-order valence-electron chi connectivity index (χ4n) is 1.12. The summed E-state index contributed by atoms with van der Waals surface area (Å²) < 4.78 is 10.7. The van der Waals surface area contributed by atoms with E-state index in [-0.39, 0.29) is 0 Å². The molecule has 0 saturated carbocycles. The van der Waals surface area contributed by atoms with E-state index in [1.54, 1.807) is 6.07 Å². The number of hydrogen-bond acceptors (Lipinski definition) is 4. The highest BCUT2D eigenvalue weighted by Gasteiger charge is 2.08. The van der Waals surface area contributed by atoms with Crippen molar-refractivity contribution in [3.8, 4) is 11.5 Å². The van der Waals surface area contributed by atoms with Gasteiger partial charge in [0.05, 0.1) is 23.8 Å². The van der Waals surface area contributed by atoms with E-state index in [1.165, 1.54) is 0 Å². The Kier molecular flexibility index (Phi) is 3.95. The zero-order valence-corrected chi connectivity index (χ0v) is 9.30. The van der Waals surface area contributed by atoms with Crippen LogP contribution in [0.25, 0.3) is 0 Å². The standard InChI is InChI=1S/C10H15NO2S/c1-3-12-7-5-6-8(13-4-2)10(14)9(7)11/h5-6,14H,3-4,11H2,1-2H3. The number of nitrogen functional groups attached to an aromatic ring is 1. The van der Waals surface area contributed by atoms with Gasteiger partial charge in [-0.05, 0) is 26.0 Å². The molecular weight excluding hydrogens is 198 g/mol. The Morgan fingerprint density at radius 3 is 2.21 bits per heavy atom. The second-order valence-electron chi connectivity index (χ2n) is 2.69. The number of hydrogen-bond donors (Lipinski definition) is 2. The molecule has 1 aromatic carbocycles. The number of thiol groups is 1. The number of nitrogens with two attached hydrogens (primary N) is 1. The lowest BCUT2D eigenvalue weighted by Crippen LogP contribution is -2.00. The van der Waals surface area contributed by atoms with Gasteiger partial charge in [-0.25, -0.2) is 0 Å². The molecule has 0 bridgehead atoms. The van der Waals surface area contributed by atoms with Crippen molar-refractivity contribution in [2.24, 2.45) is 0 Å². The van der Waals surface area contributed by atoms with Gasteiger partial charge in [-0.15, -0.1) is 12.6 Å². The van der Waals surface area contributed by atoms with E-state index in [4.69, 9.17) is 15.2 Å². The lowest BCUT2D eigenvalue weighted by atomic mass is 10.3. The van der Waals surface area contributed by atoms with Crippen LogP contribution in [0.15, 0.2) is 17.0 Å². The van der Waals surface area contributed by atoms with Gasteiger partial charge in [0.25, 0.3) is 0 Å². The number of anilines is 1. The van der Waals surface area contributed by atoms with Gasteiger partial charge in [0, 0.05) is 0 Å². The summed E-state index contributed by atoms with van der Waals surface area (Å²) in [5.74, 6) is 1.35. The van der Waals surface area contributed by atoms with Crippen LogP contribution < -0.4 is 15.2 Å². The van der Waals surface area contributed by atoms with E-state index in [9.17, 15) is 0 Å². The van der Waals surface area contributed by atoms with Crippen molar-refractivity contribution in [2.75, 3.05) is 18.9 Å². The van der Waals surface area contributed by atoms with E-state index in [1.807, 2.05) is 19.9 Å². The smallest absolute Gasteiger partial charge is 0.143 e. The van der Waals surface area contributed by atoms with E-state index in [2.05, 4.69) is 12.6 Å². The normalized spacial score (nSPS) is 9.93. The molecule has 0 fully saturated rings. The Bertz CT molecular complexity index is 284. The molecule has 0 spiro atoms. The first-order valence-electron chi connectivity index (χ1n) is 4.57. The topological polar surface area (TPSA) is 44.5 Å². The molecule has 0 radical (unpaired) electrons. The summed E-state index contributed by atoms with van der Waals surface area (Å²) in [6, 6.07) is 3.61. The molecule has 3 nitrogen and oxygen atoms in total. The Balaban J connectivity index is 2.99. The van der Waals surface area contributed by atoms with Crippen LogP contribution >= 0.6 is 12.6 Å². The summed E-state index contributed by atoms with van der Waals surface area (Å²) in [6.45, 7) is 5.01. The minimum atomic E-state index is 0.529. The number of benzene rings is 1. The van der Waals surface area contributed by atoms with Crippen molar-refractivity contribution in [2.45, 2.75) is 18.7 Å². The molecule has 0 aliphatic rings. The van der Waals surface area contributed by atoms with Crippen LogP contribution in [0.1, 0.15) is 13.8 Å². The molecule has 1 aromatic rings. The Hall–Kier alpha value is -1.03. The first-order valence-corrected chi connectivity index (χ1v) is 5.02. The summed E-state index contributed by atoms with van der Waals surface area (Å²) >= 11 is 4.28. The Morgan fingerprint density at radius 2 is 1.64 bits per heavy atom. The second-order valence-corrected chi connectivity index (χ2v) is 3.14. The highest BCUT2D eigenvalue weighted by atomic mass is 32.1.